The Morgan fingerprint density at radius 3 is 2.74 bits per heavy atom. The van der Waals surface area contributed by atoms with E-state index in [1.807, 2.05) is 6.92 Å². The lowest BCUT2D eigenvalue weighted by Gasteiger charge is -2.14. The molecule has 3 aromatic rings. The second kappa shape index (κ2) is 7.69. The molecule has 1 aliphatic carbocycles. The van der Waals surface area contributed by atoms with Gasteiger partial charge in [0, 0.05) is 10.6 Å². The van der Waals surface area contributed by atoms with Crippen LogP contribution >= 0.6 is 11.6 Å². The fourth-order valence-corrected chi connectivity index (χ4v) is 3.49. The van der Waals surface area contributed by atoms with Gasteiger partial charge in [-0.1, -0.05) is 17.7 Å². The Morgan fingerprint density at radius 2 is 2.13 bits per heavy atom. The number of fused-ring (bicyclic) bond motifs is 1. The van der Waals surface area contributed by atoms with E-state index in [4.69, 9.17) is 16.7 Å². The van der Waals surface area contributed by atoms with Gasteiger partial charge >= 0.3 is 6.18 Å². The Labute approximate surface area is 178 Å². The number of alkyl halides is 3. The number of rotatable bonds is 5. The molecular weight excluding hydrogens is 437 g/mol. The molecule has 0 spiro atoms. The van der Waals surface area contributed by atoms with Gasteiger partial charge in [-0.05, 0) is 48.9 Å². The van der Waals surface area contributed by atoms with Crippen LogP contribution in [0.5, 0.6) is 0 Å². The van der Waals surface area contributed by atoms with E-state index in [1.165, 1.54) is 4.52 Å². The van der Waals surface area contributed by atoms with Crippen LogP contribution in [0.2, 0.25) is 5.02 Å². The van der Waals surface area contributed by atoms with Gasteiger partial charge in [0.15, 0.2) is 11.8 Å². The van der Waals surface area contributed by atoms with E-state index in [1.54, 1.807) is 24.4 Å². The number of amides is 1. The predicted octanol–water partition coefficient (Wildman–Crippen LogP) is 3.18. The van der Waals surface area contributed by atoms with Gasteiger partial charge in [0.1, 0.15) is 5.52 Å². The van der Waals surface area contributed by atoms with E-state index in [0.717, 1.165) is 18.4 Å². The number of hydrogen-bond acceptors (Lipinski definition) is 4. The lowest BCUT2D eigenvalue weighted by Crippen LogP contribution is -2.41. The van der Waals surface area contributed by atoms with Crippen LogP contribution < -0.4 is 10.9 Å². The Kier molecular flexibility index (Phi) is 5.30. The zero-order valence-corrected chi connectivity index (χ0v) is 17.0. The van der Waals surface area contributed by atoms with E-state index in [0.29, 0.717) is 21.8 Å². The molecule has 1 unspecified atom stereocenters. The van der Waals surface area contributed by atoms with Crippen molar-refractivity contribution < 1.29 is 23.1 Å². The van der Waals surface area contributed by atoms with Gasteiger partial charge in [0.2, 0.25) is 0 Å². The topological polar surface area (TPSA) is 99.5 Å². The van der Waals surface area contributed by atoms with E-state index in [-0.39, 0.29) is 17.1 Å². The molecule has 1 atom stereocenters. The molecule has 11 heteroatoms. The van der Waals surface area contributed by atoms with Crippen molar-refractivity contribution in [3.63, 3.8) is 0 Å². The number of nitrogens with one attached hydrogen (secondary N) is 2. The summed E-state index contributed by atoms with van der Waals surface area (Å²) >= 11 is 6.05. The summed E-state index contributed by atoms with van der Waals surface area (Å²) in [6.07, 6.45) is -4.52. The number of H-pyrrole nitrogens is 1. The molecule has 164 valence electrons. The lowest BCUT2D eigenvalue weighted by atomic mass is 10.1. The van der Waals surface area contributed by atoms with Crippen LogP contribution in [0.1, 0.15) is 40.4 Å². The third kappa shape index (κ3) is 4.17. The first-order valence-electron chi connectivity index (χ1n) is 9.51. The molecule has 1 aromatic carbocycles. The van der Waals surface area contributed by atoms with E-state index in [9.17, 15) is 22.8 Å². The summed E-state index contributed by atoms with van der Waals surface area (Å²) in [5.41, 5.74) is 1.94. The monoisotopic (exact) mass is 454 g/mol. The van der Waals surface area contributed by atoms with E-state index >= 15 is 0 Å². The fraction of sp³-hybridized carbons (Fsp3) is 0.350. The minimum atomic E-state index is -4.85. The number of benzene rings is 1. The number of nitrogens with zero attached hydrogens (tertiary/aromatic N) is 2. The average molecular weight is 455 g/mol. The van der Waals surface area contributed by atoms with Gasteiger partial charge in [0.25, 0.3) is 11.5 Å². The van der Waals surface area contributed by atoms with Crippen LogP contribution in [0.25, 0.3) is 16.8 Å². The van der Waals surface area contributed by atoms with E-state index < -0.39 is 30.3 Å². The number of aromatic nitrogens is 3. The van der Waals surface area contributed by atoms with Crippen LogP contribution in [-0.4, -0.2) is 44.4 Å². The van der Waals surface area contributed by atoms with Gasteiger partial charge in [0.05, 0.1) is 18.4 Å². The number of carbonyl (C=O) groups excluding carboxylic acids is 1. The standard InChI is InChI=1S/C20H18ClF3N4O3/c1-9-6-11(4-5-12(9)21)13-8-28-17(19(31)26-13)15(10-2-3-10)16(27-28)18(30)25-7-14(29)20(22,23)24/h4-6,8,10,14,29H,2-3,7H2,1H3,(H,25,30)(H,26,31). The predicted molar refractivity (Wildman–Crippen MR) is 107 cm³/mol. The molecule has 4 rings (SSSR count). The van der Waals surface area contributed by atoms with Crippen molar-refractivity contribution >= 4 is 23.0 Å². The zero-order chi connectivity index (χ0) is 22.5. The quantitative estimate of drug-likeness (QED) is 0.551. The van der Waals surface area contributed by atoms with Crippen molar-refractivity contribution in [2.24, 2.45) is 0 Å². The highest BCUT2D eigenvalue weighted by molar-refractivity contribution is 6.31. The van der Waals surface area contributed by atoms with Crippen LogP contribution in [0.3, 0.4) is 0 Å². The van der Waals surface area contributed by atoms with Crippen molar-refractivity contribution in [1.29, 1.82) is 0 Å². The van der Waals surface area contributed by atoms with Gasteiger partial charge in [-0.3, -0.25) is 9.59 Å². The summed E-state index contributed by atoms with van der Waals surface area (Å²) < 4.78 is 38.9. The van der Waals surface area contributed by atoms with Crippen LogP contribution in [-0.2, 0) is 0 Å². The molecule has 0 saturated heterocycles. The molecule has 7 nitrogen and oxygen atoms in total. The van der Waals surface area contributed by atoms with Crippen molar-refractivity contribution in [1.82, 2.24) is 19.9 Å². The van der Waals surface area contributed by atoms with Crippen LogP contribution in [0.4, 0.5) is 13.2 Å². The molecule has 2 heterocycles. The molecule has 3 N–H and O–H groups in total. The second-order valence-electron chi connectivity index (χ2n) is 7.56. The molecule has 0 radical (unpaired) electrons. The summed E-state index contributed by atoms with van der Waals surface area (Å²) in [5.74, 6) is -0.951. The molecule has 0 bridgehead atoms. The minimum Gasteiger partial charge on any atom is -0.382 e. The van der Waals surface area contributed by atoms with Gasteiger partial charge in [-0.2, -0.15) is 18.3 Å². The Bertz CT molecular complexity index is 1230. The number of carbonyl (C=O) groups is 1. The molecule has 1 amide bonds. The smallest absolute Gasteiger partial charge is 0.382 e. The summed E-state index contributed by atoms with van der Waals surface area (Å²) in [6, 6.07) is 5.21. The van der Waals surface area contributed by atoms with Crippen molar-refractivity contribution in [3.8, 4) is 11.3 Å². The summed E-state index contributed by atoms with van der Waals surface area (Å²) in [6.45, 7) is 0.811. The number of aryl methyl sites for hydroxylation is 1. The molecule has 1 fully saturated rings. The van der Waals surface area contributed by atoms with Crippen molar-refractivity contribution in [3.05, 3.63) is 56.6 Å². The Morgan fingerprint density at radius 1 is 1.42 bits per heavy atom. The van der Waals surface area contributed by atoms with Gasteiger partial charge in [-0.25, -0.2) is 4.52 Å². The largest absolute Gasteiger partial charge is 0.416 e. The molecule has 2 aromatic heterocycles. The number of halogens is 4. The van der Waals surface area contributed by atoms with Gasteiger partial charge < -0.3 is 15.4 Å². The normalized spacial score (nSPS) is 15.3. The van der Waals surface area contributed by atoms with Crippen LogP contribution in [0, 0.1) is 6.92 Å². The Balaban J connectivity index is 1.74. The van der Waals surface area contributed by atoms with Crippen LogP contribution in [0.15, 0.2) is 29.2 Å². The molecule has 31 heavy (non-hydrogen) atoms. The average Bonchev–Trinajstić information content (AvgIpc) is 3.46. The molecule has 0 aliphatic heterocycles. The van der Waals surface area contributed by atoms with Gasteiger partial charge in [-0.15, -0.1) is 0 Å². The number of aliphatic hydroxyl groups excluding tert-OH is 1. The SMILES string of the molecule is Cc1cc(-c2cn3nc(C(=O)NCC(O)C(F)(F)F)c(C4CC4)c3c(=O)[nH]2)ccc1Cl. The highest BCUT2D eigenvalue weighted by atomic mass is 35.5. The first kappa shape index (κ1) is 21.4. The number of hydrogen-bond donors (Lipinski definition) is 3. The third-order valence-electron chi connectivity index (χ3n) is 5.17. The summed E-state index contributed by atoms with van der Waals surface area (Å²) in [4.78, 5) is 28.2. The molecule has 1 aliphatic rings. The first-order chi connectivity index (χ1) is 14.6. The molecular formula is C20H18ClF3N4O3. The maximum absolute atomic E-state index is 12.8. The first-order valence-corrected chi connectivity index (χ1v) is 9.89. The Hall–Kier alpha value is -2.85. The fourth-order valence-electron chi connectivity index (χ4n) is 3.38. The van der Waals surface area contributed by atoms with Crippen molar-refractivity contribution in [2.45, 2.75) is 38.0 Å². The highest BCUT2D eigenvalue weighted by Gasteiger charge is 2.39. The maximum Gasteiger partial charge on any atom is 0.416 e. The highest BCUT2D eigenvalue weighted by Crippen LogP contribution is 2.43. The minimum absolute atomic E-state index is 0.0736. The van der Waals surface area contributed by atoms with E-state index in [2.05, 4.69) is 15.4 Å². The second-order valence-corrected chi connectivity index (χ2v) is 7.97. The zero-order valence-electron chi connectivity index (χ0n) is 16.3. The number of aromatic amines is 1. The third-order valence-corrected chi connectivity index (χ3v) is 5.59. The van der Waals surface area contributed by atoms with Crippen molar-refractivity contribution in [2.75, 3.05) is 6.54 Å². The summed E-state index contributed by atoms with van der Waals surface area (Å²) in [5, 5.41) is 16.0. The summed E-state index contributed by atoms with van der Waals surface area (Å²) in [7, 11) is 0. The lowest BCUT2D eigenvalue weighted by molar-refractivity contribution is -0.201. The number of aliphatic hydroxyl groups is 1. The maximum atomic E-state index is 12.8. The molecule has 1 saturated carbocycles.